The van der Waals surface area contributed by atoms with Gasteiger partial charge < -0.3 is 10.4 Å². The van der Waals surface area contributed by atoms with Gasteiger partial charge in [0.05, 0.1) is 6.54 Å². The molecule has 0 radical (unpaired) electrons. The molecule has 0 bridgehead atoms. The minimum atomic E-state index is -0.0295. The molecule has 1 amide bonds. The minimum absolute atomic E-state index is 0.0233. The maximum atomic E-state index is 11.4. The van der Waals surface area contributed by atoms with Gasteiger partial charge in [-0.25, -0.2) is 0 Å². The van der Waals surface area contributed by atoms with E-state index >= 15 is 0 Å². The van der Waals surface area contributed by atoms with Crippen LogP contribution >= 0.6 is 15.9 Å². The molecule has 0 saturated carbocycles. The average molecular weight is 315 g/mol. The summed E-state index contributed by atoms with van der Waals surface area (Å²) in [6.45, 7) is 5.03. The van der Waals surface area contributed by atoms with Crippen LogP contribution in [0.4, 0.5) is 0 Å². The second kappa shape index (κ2) is 6.75. The van der Waals surface area contributed by atoms with Crippen molar-refractivity contribution in [3.63, 3.8) is 0 Å². The topological polar surface area (TPSA) is 52.6 Å². The van der Waals surface area contributed by atoms with Crippen molar-refractivity contribution in [2.45, 2.75) is 19.9 Å². The number of hydrogen-bond acceptors (Lipinski definition) is 3. The molecule has 0 heterocycles. The molecule has 0 aromatic heterocycles. The average Bonchev–Trinajstić information content (AvgIpc) is 2.37. The summed E-state index contributed by atoms with van der Waals surface area (Å²) in [5, 5.41) is 12.5. The van der Waals surface area contributed by atoms with Crippen LogP contribution in [0.25, 0.3) is 0 Å². The van der Waals surface area contributed by atoms with E-state index in [1.54, 1.807) is 19.2 Å². The van der Waals surface area contributed by atoms with Crippen LogP contribution in [0.3, 0.4) is 0 Å². The number of hydrogen-bond donors (Lipinski definition) is 2. The van der Waals surface area contributed by atoms with Gasteiger partial charge in [0.15, 0.2) is 0 Å². The number of carbonyl (C=O) groups is 1. The highest BCUT2D eigenvalue weighted by molar-refractivity contribution is 9.10. The van der Waals surface area contributed by atoms with Crippen molar-refractivity contribution in [3.8, 4) is 5.75 Å². The molecule has 18 heavy (non-hydrogen) atoms. The molecule has 2 N–H and O–H groups in total. The highest BCUT2D eigenvalue weighted by Gasteiger charge is 2.19. The summed E-state index contributed by atoms with van der Waals surface area (Å²) >= 11 is 3.39. The Hall–Kier alpha value is -1.07. The fourth-order valence-corrected chi connectivity index (χ4v) is 2.22. The van der Waals surface area contributed by atoms with Crippen LogP contribution < -0.4 is 5.32 Å². The van der Waals surface area contributed by atoms with E-state index in [9.17, 15) is 9.90 Å². The number of likely N-dealkylation sites (N-methyl/N-ethyl adjacent to an activating group) is 2. The van der Waals surface area contributed by atoms with E-state index in [4.69, 9.17) is 0 Å². The molecule has 1 rings (SSSR count). The van der Waals surface area contributed by atoms with Gasteiger partial charge in [-0.1, -0.05) is 22.9 Å². The van der Waals surface area contributed by atoms with Crippen LogP contribution in [-0.4, -0.2) is 36.1 Å². The predicted octanol–water partition coefficient (Wildman–Crippen LogP) is 2.28. The van der Waals surface area contributed by atoms with Gasteiger partial charge in [-0.3, -0.25) is 9.69 Å². The molecule has 0 aliphatic heterocycles. The number of carbonyl (C=O) groups excluding carboxylic acids is 1. The van der Waals surface area contributed by atoms with Crippen LogP contribution in [0.1, 0.15) is 25.5 Å². The lowest BCUT2D eigenvalue weighted by Gasteiger charge is -2.27. The van der Waals surface area contributed by atoms with Gasteiger partial charge >= 0.3 is 0 Å². The first-order chi connectivity index (χ1) is 8.49. The van der Waals surface area contributed by atoms with E-state index in [1.807, 2.05) is 24.8 Å². The Labute approximate surface area is 116 Å². The Morgan fingerprint density at radius 3 is 2.78 bits per heavy atom. The first-order valence-electron chi connectivity index (χ1n) is 5.92. The van der Waals surface area contributed by atoms with E-state index in [0.29, 0.717) is 6.54 Å². The lowest BCUT2D eigenvalue weighted by molar-refractivity contribution is -0.122. The minimum Gasteiger partial charge on any atom is -0.508 e. The molecular weight excluding hydrogens is 296 g/mol. The first-order valence-corrected chi connectivity index (χ1v) is 6.72. The number of nitrogens with one attached hydrogen (secondary N) is 1. The second-order valence-electron chi connectivity index (χ2n) is 4.12. The van der Waals surface area contributed by atoms with E-state index < -0.39 is 0 Å². The van der Waals surface area contributed by atoms with Gasteiger partial charge in [-0.2, -0.15) is 0 Å². The maximum Gasteiger partial charge on any atom is 0.233 e. The fourth-order valence-electron chi connectivity index (χ4n) is 1.84. The molecule has 1 aromatic rings. The monoisotopic (exact) mass is 314 g/mol. The predicted molar refractivity (Wildman–Crippen MR) is 75.5 cm³/mol. The molecule has 5 heteroatoms. The molecule has 0 saturated heterocycles. The highest BCUT2D eigenvalue weighted by atomic mass is 79.9. The summed E-state index contributed by atoms with van der Waals surface area (Å²) in [5.41, 5.74) is 0.815. The molecule has 1 atom stereocenters. The Bertz CT molecular complexity index is 423. The normalized spacial score (nSPS) is 12.5. The zero-order valence-corrected chi connectivity index (χ0v) is 12.5. The van der Waals surface area contributed by atoms with Gasteiger partial charge in [-0.05, 0) is 31.7 Å². The van der Waals surface area contributed by atoms with Crippen molar-refractivity contribution >= 4 is 21.8 Å². The third-order valence-corrected chi connectivity index (χ3v) is 3.51. The van der Waals surface area contributed by atoms with Gasteiger partial charge in [0.2, 0.25) is 5.91 Å². The molecule has 4 nitrogen and oxygen atoms in total. The number of phenolic OH excluding ortho intramolecular Hbond substituents is 1. The number of rotatable bonds is 5. The second-order valence-corrected chi connectivity index (χ2v) is 5.03. The van der Waals surface area contributed by atoms with Gasteiger partial charge in [0.1, 0.15) is 5.75 Å². The van der Waals surface area contributed by atoms with Gasteiger partial charge in [-0.15, -0.1) is 0 Å². The maximum absolute atomic E-state index is 11.4. The zero-order valence-electron chi connectivity index (χ0n) is 10.9. The standard InChI is InChI=1S/C13H19BrN2O2/c1-4-16(8-13(18)15-3)9(2)11-7-10(14)5-6-12(11)17/h5-7,9,17H,4,8H2,1-3H3,(H,15,18). The Balaban J connectivity index is 2.92. The molecule has 0 aliphatic rings. The van der Waals surface area contributed by atoms with Crippen LogP contribution in [0.2, 0.25) is 0 Å². The molecule has 1 unspecified atom stereocenters. The summed E-state index contributed by atoms with van der Waals surface area (Å²) < 4.78 is 0.915. The lowest BCUT2D eigenvalue weighted by Crippen LogP contribution is -2.37. The van der Waals surface area contributed by atoms with Crippen LogP contribution in [-0.2, 0) is 4.79 Å². The van der Waals surface area contributed by atoms with E-state index in [2.05, 4.69) is 21.2 Å². The Morgan fingerprint density at radius 2 is 2.22 bits per heavy atom. The van der Waals surface area contributed by atoms with Crippen molar-refractivity contribution in [1.29, 1.82) is 0 Å². The summed E-state index contributed by atoms with van der Waals surface area (Å²) in [4.78, 5) is 13.4. The van der Waals surface area contributed by atoms with Crippen molar-refractivity contribution in [3.05, 3.63) is 28.2 Å². The van der Waals surface area contributed by atoms with Gasteiger partial charge in [0.25, 0.3) is 0 Å². The SMILES string of the molecule is CCN(CC(=O)NC)C(C)c1cc(Br)ccc1O. The van der Waals surface area contributed by atoms with E-state index in [0.717, 1.165) is 16.6 Å². The third kappa shape index (κ3) is 3.71. The quantitative estimate of drug-likeness (QED) is 0.876. The number of benzene rings is 1. The molecular formula is C13H19BrN2O2. The number of halogens is 1. The number of phenols is 1. The summed E-state index contributed by atoms with van der Waals surface area (Å²) in [6.07, 6.45) is 0. The number of amides is 1. The smallest absolute Gasteiger partial charge is 0.233 e. The zero-order chi connectivity index (χ0) is 13.7. The van der Waals surface area contributed by atoms with Gasteiger partial charge in [0, 0.05) is 23.1 Å². The Kier molecular flexibility index (Phi) is 5.62. The first kappa shape index (κ1) is 15.0. The Morgan fingerprint density at radius 1 is 1.56 bits per heavy atom. The van der Waals surface area contributed by atoms with Crippen molar-refractivity contribution in [2.24, 2.45) is 0 Å². The summed E-state index contributed by atoms with van der Waals surface area (Å²) in [7, 11) is 1.62. The fraction of sp³-hybridized carbons (Fsp3) is 0.462. The largest absolute Gasteiger partial charge is 0.508 e. The molecule has 0 fully saturated rings. The summed E-state index contributed by atoms with van der Waals surface area (Å²) in [6, 6.07) is 5.31. The van der Waals surface area contributed by atoms with Crippen LogP contribution in [0, 0.1) is 0 Å². The van der Waals surface area contributed by atoms with E-state index in [-0.39, 0.29) is 17.7 Å². The van der Waals surface area contributed by atoms with Crippen molar-refractivity contribution < 1.29 is 9.90 Å². The van der Waals surface area contributed by atoms with Crippen LogP contribution in [0.5, 0.6) is 5.75 Å². The summed E-state index contributed by atoms with van der Waals surface area (Å²) in [5.74, 6) is 0.222. The van der Waals surface area contributed by atoms with Crippen LogP contribution in [0.15, 0.2) is 22.7 Å². The lowest BCUT2D eigenvalue weighted by atomic mass is 10.1. The molecule has 1 aromatic carbocycles. The molecule has 0 aliphatic carbocycles. The number of nitrogens with zero attached hydrogens (tertiary/aromatic N) is 1. The van der Waals surface area contributed by atoms with E-state index in [1.165, 1.54) is 0 Å². The molecule has 0 spiro atoms. The van der Waals surface area contributed by atoms with Crippen molar-refractivity contribution in [2.75, 3.05) is 20.1 Å². The highest BCUT2D eigenvalue weighted by Crippen LogP contribution is 2.30. The number of aromatic hydroxyl groups is 1. The third-order valence-electron chi connectivity index (χ3n) is 3.02. The molecule has 100 valence electrons. The van der Waals surface area contributed by atoms with Crippen molar-refractivity contribution in [1.82, 2.24) is 10.2 Å².